The topological polar surface area (TPSA) is 69.2 Å². The summed E-state index contributed by atoms with van der Waals surface area (Å²) in [4.78, 5) is 20.4. The summed E-state index contributed by atoms with van der Waals surface area (Å²) in [5, 5.41) is 6.67. The zero-order valence-corrected chi connectivity index (χ0v) is 20.4. The van der Waals surface area contributed by atoms with Crippen LogP contribution in [0.3, 0.4) is 0 Å². The number of hydrogen-bond acceptors (Lipinski definition) is 4. The minimum atomic E-state index is -0.0139. The van der Waals surface area contributed by atoms with Gasteiger partial charge in [0.25, 0.3) is 0 Å². The molecule has 1 aromatic carbocycles. The Morgan fingerprint density at radius 3 is 2.38 bits per heavy atom. The van der Waals surface area contributed by atoms with Gasteiger partial charge in [0, 0.05) is 27.2 Å². The highest BCUT2D eigenvalue weighted by Gasteiger charge is 2.22. The summed E-state index contributed by atoms with van der Waals surface area (Å²) in [6.07, 6.45) is 3.77. The van der Waals surface area contributed by atoms with Gasteiger partial charge in [0.05, 0.1) is 13.2 Å². The highest BCUT2D eigenvalue weighted by molar-refractivity contribution is 14.0. The molecule has 1 unspecified atom stereocenters. The average Bonchev–Trinajstić information content (AvgIpc) is 2.73. The molecule has 0 bridgehead atoms. The third kappa shape index (κ3) is 8.38. The fourth-order valence-electron chi connectivity index (χ4n) is 3.34. The van der Waals surface area contributed by atoms with Crippen molar-refractivity contribution < 1.29 is 9.53 Å². The molecule has 2 N–H and O–H groups in total. The van der Waals surface area contributed by atoms with E-state index in [1.807, 2.05) is 19.1 Å². The van der Waals surface area contributed by atoms with E-state index in [-0.39, 0.29) is 42.5 Å². The maximum atomic E-state index is 11.9. The molecule has 1 atom stereocenters. The summed E-state index contributed by atoms with van der Waals surface area (Å²) in [6.45, 7) is 5.85. The van der Waals surface area contributed by atoms with Gasteiger partial charge in [0.1, 0.15) is 12.3 Å². The number of rotatable bonds is 8. The van der Waals surface area contributed by atoms with Crippen molar-refractivity contribution in [1.82, 2.24) is 20.4 Å². The Bertz CT molecular complexity index is 630. The van der Waals surface area contributed by atoms with Gasteiger partial charge < -0.3 is 20.3 Å². The van der Waals surface area contributed by atoms with Gasteiger partial charge in [0.2, 0.25) is 5.91 Å². The van der Waals surface area contributed by atoms with Gasteiger partial charge in [-0.2, -0.15) is 0 Å². The van der Waals surface area contributed by atoms with E-state index in [0.29, 0.717) is 5.96 Å². The largest absolute Gasteiger partial charge is 0.497 e. The third-order valence-electron chi connectivity index (χ3n) is 5.01. The van der Waals surface area contributed by atoms with Crippen LogP contribution in [0.25, 0.3) is 0 Å². The highest BCUT2D eigenvalue weighted by Crippen LogP contribution is 2.25. The van der Waals surface area contributed by atoms with Crippen LogP contribution in [-0.4, -0.2) is 75.6 Å². The SMILES string of the molecule is CCNC(=NCC(=O)N(C)C)NCC(c1ccc(OC)cc1)N1CCCCC1.I. The monoisotopic (exact) mass is 517 g/mol. The van der Waals surface area contributed by atoms with E-state index in [4.69, 9.17) is 4.74 Å². The lowest BCUT2D eigenvalue weighted by Gasteiger charge is -2.35. The molecule has 1 aliphatic rings. The first-order chi connectivity index (χ1) is 13.5. The van der Waals surface area contributed by atoms with Crippen molar-refractivity contribution in [3.8, 4) is 5.75 Å². The number of halogens is 1. The molecule has 0 aromatic heterocycles. The Kier molecular flexibility index (Phi) is 12.0. The second-order valence-electron chi connectivity index (χ2n) is 7.25. The molecule has 1 fully saturated rings. The molecular weight excluding hydrogens is 481 g/mol. The number of likely N-dealkylation sites (N-methyl/N-ethyl adjacent to an activating group) is 1. The van der Waals surface area contributed by atoms with Crippen LogP contribution in [-0.2, 0) is 4.79 Å². The number of guanidine groups is 1. The molecule has 29 heavy (non-hydrogen) atoms. The van der Waals surface area contributed by atoms with Crippen LogP contribution >= 0.6 is 24.0 Å². The minimum absolute atomic E-state index is 0. The van der Waals surface area contributed by atoms with E-state index in [2.05, 4.69) is 32.7 Å². The Morgan fingerprint density at radius 1 is 1.17 bits per heavy atom. The molecule has 0 saturated carbocycles. The first-order valence-electron chi connectivity index (χ1n) is 10.2. The second kappa shape index (κ2) is 13.6. The van der Waals surface area contributed by atoms with Crippen LogP contribution in [0.4, 0.5) is 0 Å². The second-order valence-corrected chi connectivity index (χ2v) is 7.25. The van der Waals surface area contributed by atoms with Crippen LogP contribution < -0.4 is 15.4 Å². The quantitative estimate of drug-likeness (QED) is 0.315. The van der Waals surface area contributed by atoms with E-state index >= 15 is 0 Å². The van der Waals surface area contributed by atoms with Gasteiger partial charge in [-0.3, -0.25) is 9.69 Å². The molecule has 2 rings (SSSR count). The Hall–Kier alpha value is -1.55. The van der Waals surface area contributed by atoms with Crippen LogP contribution in [0, 0.1) is 0 Å². The van der Waals surface area contributed by atoms with Crippen LogP contribution in [0.5, 0.6) is 5.75 Å². The van der Waals surface area contributed by atoms with Gasteiger partial charge >= 0.3 is 0 Å². The Balaban J connectivity index is 0.00000420. The molecule has 1 heterocycles. The van der Waals surface area contributed by atoms with E-state index in [0.717, 1.165) is 31.9 Å². The van der Waals surface area contributed by atoms with E-state index in [1.165, 1.54) is 24.8 Å². The standard InChI is InChI=1S/C21H35N5O2.HI/c1-5-22-21(24-16-20(27)25(2)3)23-15-19(26-13-7-6-8-14-26)17-9-11-18(28-4)12-10-17;/h9-12,19H,5-8,13-16H2,1-4H3,(H2,22,23,24);1H. The van der Waals surface area contributed by atoms with Crippen molar-refractivity contribution in [2.75, 3.05) is 53.9 Å². The highest BCUT2D eigenvalue weighted by atomic mass is 127. The number of methoxy groups -OCH3 is 1. The Morgan fingerprint density at radius 2 is 1.83 bits per heavy atom. The maximum Gasteiger partial charge on any atom is 0.243 e. The lowest BCUT2D eigenvalue weighted by molar-refractivity contribution is -0.127. The number of nitrogens with one attached hydrogen (secondary N) is 2. The number of piperidine rings is 1. The molecule has 8 heteroatoms. The molecule has 1 amide bonds. The lowest BCUT2D eigenvalue weighted by Crippen LogP contribution is -2.44. The molecule has 0 radical (unpaired) electrons. The van der Waals surface area contributed by atoms with Gasteiger partial charge in [-0.15, -0.1) is 24.0 Å². The lowest BCUT2D eigenvalue weighted by atomic mass is 10.0. The van der Waals surface area contributed by atoms with E-state index in [1.54, 1.807) is 26.1 Å². The number of aliphatic imine (C=N–C) groups is 1. The zero-order valence-electron chi connectivity index (χ0n) is 18.1. The van der Waals surface area contributed by atoms with Gasteiger partial charge in [-0.25, -0.2) is 4.99 Å². The summed E-state index contributed by atoms with van der Waals surface area (Å²) >= 11 is 0. The molecule has 0 spiro atoms. The fourth-order valence-corrected chi connectivity index (χ4v) is 3.34. The number of amides is 1. The number of carbonyl (C=O) groups excluding carboxylic acids is 1. The van der Waals surface area contributed by atoms with Crippen molar-refractivity contribution in [3.05, 3.63) is 29.8 Å². The summed E-state index contributed by atoms with van der Waals surface area (Å²) in [7, 11) is 5.18. The summed E-state index contributed by atoms with van der Waals surface area (Å²) in [5.41, 5.74) is 1.26. The number of benzene rings is 1. The van der Waals surface area contributed by atoms with Crippen molar-refractivity contribution in [1.29, 1.82) is 0 Å². The minimum Gasteiger partial charge on any atom is -0.497 e. The van der Waals surface area contributed by atoms with Crippen molar-refractivity contribution in [2.24, 2.45) is 4.99 Å². The van der Waals surface area contributed by atoms with E-state index in [9.17, 15) is 4.79 Å². The van der Waals surface area contributed by atoms with Crippen molar-refractivity contribution in [3.63, 3.8) is 0 Å². The fraction of sp³-hybridized carbons (Fsp3) is 0.619. The first-order valence-corrected chi connectivity index (χ1v) is 10.2. The molecular formula is C21H36IN5O2. The number of likely N-dealkylation sites (tertiary alicyclic amines) is 1. The molecule has 7 nitrogen and oxygen atoms in total. The normalized spacial score (nSPS) is 15.8. The number of carbonyl (C=O) groups is 1. The third-order valence-corrected chi connectivity index (χ3v) is 5.01. The van der Waals surface area contributed by atoms with Gasteiger partial charge in [-0.05, 0) is 50.6 Å². The molecule has 1 aliphatic heterocycles. The molecule has 1 aromatic rings. The maximum absolute atomic E-state index is 11.9. The zero-order chi connectivity index (χ0) is 20.4. The predicted molar refractivity (Wildman–Crippen MR) is 129 cm³/mol. The van der Waals surface area contributed by atoms with Crippen LogP contribution in [0.2, 0.25) is 0 Å². The summed E-state index contributed by atoms with van der Waals surface area (Å²) < 4.78 is 5.30. The Labute approximate surface area is 192 Å². The van der Waals surface area contributed by atoms with E-state index < -0.39 is 0 Å². The van der Waals surface area contributed by atoms with Crippen LogP contribution in [0.1, 0.15) is 37.8 Å². The van der Waals surface area contributed by atoms with Gasteiger partial charge in [-0.1, -0.05) is 18.6 Å². The number of nitrogens with zero attached hydrogens (tertiary/aromatic N) is 3. The summed E-state index contributed by atoms with van der Waals surface area (Å²) in [6, 6.07) is 8.56. The van der Waals surface area contributed by atoms with Gasteiger partial charge in [0.15, 0.2) is 5.96 Å². The number of hydrogen-bond donors (Lipinski definition) is 2. The first kappa shape index (κ1) is 25.5. The van der Waals surface area contributed by atoms with Crippen molar-refractivity contribution >= 4 is 35.8 Å². The molecule has 164 valence electrons. The smallest absolute Gasteiger partial charge is 0.243 e. The van der Waals surface area contributed by atoms with Crippen molar-refractivity contribution in [2.45, 2.75) is 32.2 Å². The molecule has 1 saturated heterocycles. The predicted octanol–water partition coefficient (Wildman–Crippen LogP) is 2.48. The number of ether oxygens (including phenoxy) is 1. The average molecular weight is 517 g/mol. The van der Waals surface area contributed by atoms with Crippen LogP contribution in [0.15, 0.2) is 29.3 Å². The summed E-state index contributed by atoms with van der Waals surface area (Å²) in [5.74, 6) is 1.53. The molecule has 0 aliphatic carbocycles.